The van der Waals surface area contributed by atoms with Crippen molar-refractivity contribution in [3.05, 3.63) is 0 Å². The van der Waals surface area contributed by atoms with Crippen molar-refractivity contribution in [2.45, 2.75) is 47.7 Å². The molecule has 0 aromatic carbocycles. The highest BCUT2D eigenvalue weighted by molar-refractivity contribution is 5.89. The molecule has 20 heteroatoms. The highest BCUT2D eigenvalue weighted by atomic mass is 19.4. The van der Waals surface area contributed by atoms with Crippen LogP contribution >= 0.6 is 0 Å². The molecule has 30 heavy (non-hydrogen) atoms. The van der Waals surface area contributed by atoms with Gasteiger partial charge >= 0.3 is 59.7 Å². The number of hydrogen-bond donors (Lipinski definition) is 0. The van der Waals surface area contributed by atoms with Gasteiger partial charge in [-0.1, -0.05) is 0 Å². The van der Waals surface area contributed by atoms with Crippen LogP contribution in [0.2, 0.25) is 0 Å². The Balaban J connectivity index is 3.78. The van der Waals surface area contributed by atoms with E-state index in [1.165, 1.54) is 0 Å². The van der Waals surface area contributed by atoms with Gasteiger partial charge in [-0.3, -0.25) is 9.53 Å². The summed E-state index contributed by atoms with van der Waals surface area (Å²) in [5.41, 5.74) is 0. The van der Waals surface area contributed by atoms with Crippen LogP contribution in [0.4, 0.5) is 70.2 Å². The van der Waals surface area contributed by atoms with Crippen molar-refractivity contribution in [2.24, 2.45) is 0 Å². The van der Waals surface area contributed by atoms with Gasteiger partial charge in [-0.05, 0) is 0 Å². The van der Waals surface area contributed by atoms with Gasteiger partial charge in [-0.15, -0.1) is 0 Å². The minimum Gasteiger partial charge on any atom is -0.412 e. The fraction of sp³-hybridized carbons (Fsp3) is 0.800. The summed E-state index contributed by atoms with van der Waals surface area (Å²) in [6, 6.07) is -4.60. The third-order valence-electron chi connectivity index (χ3n) is 3.36. The molecule has 1 fully saturated rings. The quantitative estimate of drug-likeness (QED) is 0.333. The van der Waals surface area contributed by atoms with Crippen LogP contribution in [0.1, 0.15) is 0 Å². The zero-order chi connectivity index (χ0) is 24.6. The summed E-state index contributed by atoms with van der Waals surface area (Å²) in [4.78, 5) is 21.5. The average Bonchev–Trinajstić information content (AvgIpc) is 2.79. The van der Waals surface area contributed by atoms with E-state index in [1.54, 1.807) is 0 Å². The number of halogens is 16. The molecule has 1 rings (SSSR count). The molecule has 2 unspecified atom stereocenters. The number of ether oxygens (including phenoxy) is 2. The van der Waals surface area contributed by atoms with Gasteiger partial charge in [-0.25, -0.2) is 4.79 Å². The molecule has 1 aliphatic rings. The zero-order valence-corrected chi connectivity index (χ0v) is 12.7. The van der Waals surface area contributed by atoms with Crippen LogP contribution in [-0.4, -0.2) is 59.7 Å². The van der Waals surface area contributed by atoms with Crippen molar-refractivity contribution < 1.29 is 89.3 Å². The Morgan fingerprint density at radius 1 is 0.700 bits per heavy atom. The summed E-state index contributed by atoms with van der Waals surface area (Å²) >= 11 is 0. The molecule has 0 aromatic rings. The van der Waals surface area contributed by atoms with E-state index in [0.717, 1.165) is 0 Å². The maximum absolute atomic E-state index is 14.0. The predicted octanol–water partition coefficient (Wildman–Crippen LogP) is 4.08. The van der Waals surface area contributed by atoms with Crippen LogP contribution in [0.3, 0.4) is 0 Å². The third kappa shape index (κ3) is 2.88. The Morgan fingerprint density at radius 3 is 1.33 bits per heavy atom. The molecule has 0 N–H and O–H groups in total. The second-order valence-electron chi connectivity index (χ2n) is 5.27. The number of cyclic esters (lactones) is 1. The summed E-state index contributed by atoms with van der Waals surface area (Å²) in [5, 5.41) is 0. The first-order chi connectivity index (χ1) is 12.8. The summed E-state index contributed by atoms with van der Waals surface area (Å²) in [5.74, 6) is -49.0. The maximum Gasteiger partial charge on any atom is 0.460 e. The molecule has 1 heterocycles. The number of carbonyl (C=O) groups is 2. The number of esters is 1. The number of carbonyl (C=O) groups excluding carboxylic acids is 2. The molecule has 0 aliphatic carbocycles. The molecule has 2 atom stereocenters. The van der Waals surface area contributed by atoms with Crippen LogP contribution in [0.5, 0.6) is 0 Å². The minimum absolute atomic E-state index is 2.18. The first-order valence-corrected chi connectivity index (χ1v) is 6.25. The summed E-state index contributed by atoms with van der Waals surface area (Å²) in [7, 11) is 0. The van der Waals surface area contributed by atoms with E-state index >= 15 is 0 Å². The lowest BCUT2D eigenvalue weighted by Gasteiger charge is -2.37. The SMILES string of the molecule is O=C1OC(C(=O)F)(C(F)(F)C(F)(F)C(F)(F)F)OC1(F)C(F)(F)C(F)(F)C(F)(F)F. The fourth-order valence-corrected chi connectivity index (χ4v) is 1.75. The Morgan fingerprint density at radius 2 is 1.03 bits per heavy atom. The van der Waals surface area contributed by atoms with Gasteiger partial charge in [0, 0.05) is 0 Å². The van der Waals surface area contributed by atoms with Crippen LogP contribution in [0, 0.1) is 0 Å². The van der Waals surface area contributed by atoms with Gasteiger partial charge in [-0.2, -0.15) is 70.2 Å². The second kappa shape index (κ2) is 6.25. The zero-order valence-electron chi connectivity index (χ0n) is 12.7. The van der Waals surface area contributed by atoms with E-state index in [0.29, 0.717) is 0 Å². The molecule has 1 aliphatic heterocycles. The van der Waals surface area contributed by atoms with E-state index in [4.69, 9.17) is 0 Å². The van der Waals surface area contributed by atoms with E-state index in [9.17, 15) is 79.8 Å². The summed E-state index contributed by atoms with van der Waals surface area (Å²) in [6.07, 6.45) is -15.1. The number of hydrogen-bond acceptors (Lipinski definition) is 4. The summed E-state index contributed by atoms with van der Waals surface area (Å²) < 4.78 is 210. The largest absolute Gasteiger partial charge is 0.460 e. The van der Waals surface area contributed by atoms with E-state index < -0.39 is 59.7 Å². The first-order valence-electron chi connectivity index (χ1n) is 6.25. The van der Waals surface area contributed by atoms with Gasteiger partial charge in [0.05, 0.1) is 0 Å². The van der Waals surface area contributed by atoms with Crippen molar-refractivity contribution in [2.75, 3.05) is 0 Å². The molecule has 1 saturated heterocycles. The van der Waals surface area contributed by atoms with Crippen molar-refractivity contribution >= 4 is 12.0 Å². The lowest BCUT2D eigenvalue weighted by Crippen LogP contribution is -2.69. The smallest absolute Gasteiger partial charge is 0.412 e. The molecule has 0 saturated carbocycles. The molecular formula is C10F16O4. The molecule has 0 bridgehead atoms. The van der Waals surface area contributed by atoms with E-state index in [2.05, 4.69) is 9.47 Å². The monoisotopic (exact) mass is 488 g/mol. The topological polar surface area (TPSA) is 52.6 Å². The van der Waals surface area contributed by atoms with Gasteiger partial charge in [0.25, 0.3) is 0 Å². The Hall–Kier alpha value is -2.02. The molecular weight excluding hydrogens is 488 g/mol. The molecule has 0 spiro atoms. The number of alkyl halides is 15. The van der Waals surface area contributed by atoms with Gasteiger partial charge in [0.15, 0.2) is 0 Å². The third-order valence-corrected chi connectivity index (χ3v) is 3.36. The standard InChI is InChI=1S/C10F16O4/c11-1(27)4(6(15,16)8(19,20)10(24,25)26)29-2(28)3(12,30-4)5(13,14)7(17,18)9(21,22)23. The lowest BCUT2D eigenvalue weighted by molar-refractivity contribution is -0.440. The Bertz CT molecular complexity index is 737. The molecule has 4 nitrogen and oxygen atoms in total. The average molecular weight is 488 g/mol. The summed E-state index contributed by atoms with van der Waals surface area (Å²) in [6.45, 7) is 0. The van der Waals surface area contributed by atoms with Gasteiger partial charge in [0.1, 0.15) is 0 Å². The van der Waals surface area contributed by atoms with Crippen LogP contribution in [0.25, 0.3) is 0 Å². The normalized spacial score (nSPS) is 27.3. The maximum atomic E-state index is 14.0. The van der Waals surface area contributed by atoms with Gasteiger partial charge in [0.2, 0.25) is 0 Å². The highest BCUT2D eigenvalue weighted by Crippen LogP contribution is 2.61. The van der Waals surface area contributed by atoms with Crippen LogP contribution in [-0.2, 0) is 19.1 Å². The first kappa shape index (κ1) is 26.0. The van der Waals surface area contributed by atoms with Crippen molar-refractivity contribution in [3.63, 3.8) is 0 Å². The Kier molecular flexibility index (Phi) is 5.42. The van der Waals surface area contributed by atoms with E-state index in [-0.39, 0.29) is 0 Å². The van der Waals surface area contributed by atoms with Gasteiger partial charge < -0.3 is 4.74 Å². The highest BCUT2D eigenvalue weighted by Gasteiger charge is 2.94. The number of rotatable bonds is 5. The van der Waals surface area contributed by atoms with Crippen molar-refractivity contribution in [3.8, 4) is 0 Å². The fourth-order valence-electron chi connectivity index (χ4n) is 1.75. The molecule has 176 valence electrons. The Labute approximate surface area is 150 Å². The van der Waals surface area contributed by atoms with E-state index in [1.807, 2.05) is 0 Å². The van der Waals surface area contributed by atoms with Crippen LogP contribution < -0.4 is 0 Å². The predicted molar refractivity (Wildman–Crippen MR) is 51.8 cm³/mol. The van der Waals surface area contributed by atoms with Crippen molar-refractivity contribution in [1.29, 1.82) is 0 Å². The minimum atomic E-state index is -7.79. The van der Waals surface area contributed by atoms with Crippen molar-refractivity contribution in [1.82, 2.24) is 0 Å². The molecule has 0 radical (unpaired) electrons. The lowest BCUT2D eigenvalue weighted by atomic mass is 10.0. The van der Waals surface area contributed by atoms with Crippen LogP contribution in [0.15, 0.2) is 0 Å². The molecule has 0 aromatic heterocycles. The second-order valence-corrected chi connectivity index (χ2v) is 5.27. The molecule has 0 amide bonds.